The van der Waals surface area contributed by atoms with Crippen LogP contribution in [-0.4, -0.2) is 40.1 Å². The van der Waals surface area contributed by atoms with E-state index in [-0.39, 0.29) is 11.8 Å². The molecule has 1 amide bonds. The molecule has 0 bridgehead atoms. The normalized spacial score (nSPS) is 23.8. The number of benzene rings is 1. The number of hydrogen-bond donors (Lipinski definition) is 1. The van der Waals surface area contributed by atoms with Gasteiger partial charge < -0.3 is 10.0 Å². The number of carbonyl (C=O) groups is 1. The first-order chi connectivity index (χ1) is 9.15. The zero-order chi connectivity index (χ0) is 13.4. The van der Waals surface area contributed by atoms with Gasteiger partial charge in [0.05, 0.1) is 16.3 Å². The van der Waals surface area contributed by atoms with Crippen LogP contribution in [0.1, 0.15) is 23.1 Å². The minimum absolute atomic E-state index is 0.0628. The topological polar surface area (TPSA) is 53.4 Å². The number of nitrogens with zero attached hydrogens (tertiary/aromatic N) is 2. The van der Waals surface area contributed by atoms with Gasteiger partial charge in [-0.25, -0.2) is 4.98 Å². The molecule has 2 unspecified atom stereocenters. The molecule has 1 aliphatic heterocycles. The Morgan fingerprint density at radius 2 is 2.26 bits per heavy atom. The first kappa shape index (κ1) is 12.6. The van der Waals surface area contributed by atoms with Gasteiger partial charge >= 0.3 is 0 Å². The maximum absolute atomic E-state index is 12.4. The van der Waals surface area contributed by atoms with Gasteiger partial charge in [0.25, 0.3) is 5.91 Å². The SMILES string of the molecule is CC1CCN(C(=O)c2nc3ccccc3s2)CC1O. The number of β-amino-alcohol motifs (C(OH)–C–C–N with tert-alkyl or cyclic N) is 1. The summed E-state index contributed by atoms with van der Waals surface area (Å²) in [5, 5.41) is 10.4. The van der Waals surface area contributed by atoms with Crippen molar-refractivity contribution in [2.24, 2.45) is 5.92 Å². The average molecular weight is 276 g/mol. The minimum atomic E-state index is -0.424. The summed E-state index contributed by atoms with van der Waals surface area (Å²) in [4.78, 5) is 18.5. The van der Waals surface area contributed by atoms with E-state index < -0.39 is 6.10 Å². The number of hydrogen-bond acceptors (Lipinski definition) is 4. The van der Waals surface area contributed by atoms with E-state index in [0.29, 0.717) is 18.1 Å². The van der Waals surface area contributed by atoms with Crippen molar-refractivity contribution in [3.8, 4) is 0 Å². The number of amides is 1. The third kappa shape index (κ3) is 2.35. The van der Waals surface area contributed by atoms with E-state index in [4.69, 9.17) is 0 Å². The number of aromatic nitrogens is 1. The average Bonchev–Trinajstić information content (AvgIpc) is 2.85. The van der Waals surface area contributed by atoms with Gasteiger partial charge in [-0.15, -0.1) is 11.3 Å². The fourth-order valence-corrected chi connectivity index (χ4v) is 3.27. The van der Waals surface area contributed by atoms with E-state index >= 15 is 0 Å². The van der Waals surface area contributed by atoms with Gasteiger partial charge in [0.15, 0.2) is 5.01 Å². The molecule has 5 heteroatoms. The van der Waals surface area contributed by atoms with Crippen molar-refractivity contribution in [2.75, 3.05) is 13.1 Å². The van der Waals surface area contributed by atoms with Crippen LogP contribution < -0.4 is 0 Å². The quantitative estimate of drug-likeness (QED) is 0.868. The molecule has 1 fully saturated rings. The summed E-state index contributed by atoms with van der Waals surface area (Å²) >= 11 is 1.42. The Morgan fingerprint density at radius 1 is 1.47 bits per heavy atom. The fraction of sp³-hybridized carbons (Fsp3) is 0.429. The molecule has 0 aliphatic carbocycles. The molecule has 1 N–H and O–H groups in total. The predicted molar refractivity (Wildman–Crippen MR) is 75.3 cm³/mol. The monoisotopic (exact) mass is 276 g/mol. The number of likely N-dealkylation sites (tertiary alicyclic amines) is 1. The highest BCUT2D eigenvalue weighted by atomic mass is 32.1. The van der Waals surface area contributed by atoms with Crippen LogP contribution in [0.4, 0.5) is 0 Å². The molecule has 2 aromatic rings. The second-order valence-electron chi connectivity index (χ2n) is 5.07. The van der Waals surface area contributed by atoms with E-state index in [1.807, 2.05) is 31.2 Å². The van der Waals surface area contributed by atoms with Crippen LogP contribution in [0.25, 0.3) is 10.2 Å². The van der Waals surface area contributed by atoms with Crippen LogP contribution in [0.2, 0.25) is 0 Å². The number of carbonyl (C=O) groups excluding carboxylic acids is 1. The maximum Gasteiger partial charge on any atom is 0.282 e. The molecule has 0 spiro atoms. The summed E-state index contributed by atoms with van der Waals surface area (Å²) in [6, 6.07) is 7.75. The lowest BCUT2D eigenvalue weighted by Crippen LogP contribution is -2.45. The molecule has 1 aromatic carbocycles. The van der Waals surface area contributed by atoms with Gasteiger partial charge in [-0.2, -0.15) is 0 Å². The van der Waals surface area contributed by atoms with E-state index in [9.17, 15) is 9.90 Å². The number of piperidine rings is 1. The Kier molecular flexibility index (Phi) is 3.24. The summed E-state index contributed by atoms with van der Waals surface area (Å²) in [5.74, 6) is 0.201. The van der Waals surface area contributed by atoms with Crippen LogP contribution in [0.15, 0.2) is 24.3 Å². The second-order valence-corrected chi connectivity index (χ2v) is 6.10. The van der Waals surface area contributed by atoms with Gasteiger partial charge in [-0.3, -0.25) is 4.79 Å². The summed E-state index contributed by atoms with van der Waals surface area (Å²) in [6.45, 7) is 3.13. The van der Waals surface area contributed by atoms with E-state index in [1.54, 1.807) is 4.90 Å². The second kappa shape index (κ2) is 4.90. The van der Waals surface area contributed by atoms with Crippen LogP contribution in [0.3, 0.4) is 0 Å². The Bertz CT molecular complexity index is 577. The Hall–Kier alpha value is -1.46. The van der Waals surface area contributed by atoms with Crippen LogP contribution >= 0.6 is 11.3 Å². The molecule has 19 heavy (non-hydrogen) atoms. The lowest BCUT2D eigenvalue weighted by molar-refractivity contribution is 0.0248. The van der Waals surface area contributed by atoms with Crippen molar-refractivity contribution in [3.05, 3.63) is 29.3 Å². The van der Waals surface area contributed by atoms with Crippen molar-refractivity contribution in [3.63, 3.8) is 0 Å². The van der Waals surface area contributed by atoms with Gasteiger partial charge in [-0.05, 0) is 24.5 Å². The largest absolute Gasteiger partial charge is 0.391 e. The van der Waals surface area contributed by atoms with Crippen molar-refractivity contribution < 1.29 is 9.90 Å². The lowest BCUT2D eigenvalue weighted by atomic mass is 9.96. The van der Waals surface area contributed by atoms with Crippen molar-refractivity contribution in [2.45, 2.75) is 19.4 Å². The minimum Gasteiger partial charge on any atom is -0.391 e. The van der Waals surface area contributed by atoms with Crippen molar-refractivity contribution >= 4 is 27.5 Å². The zero-order valence-electron chi connectivity index (χ0n) is 10.7. The molecule has 1 aliphatic rings. The number of rotatable bonds is 1. The van der Waals surface area contributed by atoms with Gasteiger partial charge in [0.1, 0.15) is 0 Å². The fourth-order valence-electron chi connectivity index (χ4n) is 2.33. The van der Waals surface area contributed by atoms with Crippen LogP contribution in [0.5, 0.6) is 0 Å². The standard InChI is InChI=1S/C14H16N2O2S/c1-9-6-7-16(8-11(9)17)14(18)13-15-10-4-2-3-5-12(10)19-13/h2-5,9,11,17H,6-8H2,1H3. The highest BCUT2D eigenvalue weighted by Crippen LogP contribution is 2.24. The van der Waals surface area contributed by atoms with Crippen LogP contribution in [0, 0.1) is 5.92 Å². The van der Waals surface area contributed by atoms with E-state index in [0.717, 1.165) is 16.6 Å². The molecule has 4 nitrogen and oxygen atoms in total. The number of fused-ring (bicyclic) bond motifs is 1. The highest BCUT2D eigenvalue weighted by Gasteiger charge is 2.29. The third-order valence-electron chi connectivity index (χ3n) is 3.68. The van der Waals surface area contributed by atoms with Crippen LogP contribution in [-0.2, 0) is 0 Å². The molecule has 100 valence electrons. The van der Waals surface area contributed by atoms with Gasteiger partial charge in [-0.1, -0.05) is 19.1 Å². The maximum atomic E-state index is 12.4. The Labute approximate surface area is 115 Å². The van der Waals surface area contributed by atoms with E-state index in [1.165, 1.54) is 11.3 Å². The molecule has 2 heterocycles. The number of aliphatic hydroxyl groups excluding tert-OH is 1. The molecular weight excluding hydrogens is 260 g/mol. The van der Waals surface area contributed by atoms with Gasteiger partial charge in [0, 0.05) is 13.1 Å². The first-order valence-corrected chi connectivity index (χ1v) is 7.29. The summed E-state index contributed by atoms with van der Waals surface area (Å²) in [6.07, 6.45) is 0.421. The molecule has 1 aromatic heterocycles. The summed E-state index contributed by atoms with van der Waals surface area (Å²) < 4.78 is 1.02. The molecule has 0 radical (unpaired) electrons. The predicted octanol–water partition coefficient (Wildman–Crippen LogP) is 2.14. The third-order valence-corrected chi connectivity index (χ3v) is 4.71. The van der Waals surface area contributed by atoms with Crippen molar-refractivity contribution in [1.82, 2.24) is 9.88 Å². The lowest BCUT2D eigenvalue weighted by Gasteiger charge is -2.33. The Balaban J connectivity index is 1.83. The molecule has 2 atom stereocenters. The first-order valence-electron chi connectivity index (χ1n) is 6.48. The molecule has 1 saturated heterocycles. The molecule has 0 saturated carbocycles. The summed E-state index contributed by atoms with van der Waals surface area (Å²) in [7, 11) is 0. The van der Waals surface area contributed by atoms with E-state index in [2.05, 4.69) is 4.98 Å². The summed E-state index contributed by atoms with van der Waals surface area (Å²) in [5.41, 5.74) is 0.863. The zero-order valence-corrected chi connectivity index (χ0v) is 11.6. The van der Waals surface area contributed by atoms with Crippen molar-refractivity contribution in [1.29, 1.82) is 0 Å². The number of aliphatic hydroxyl groups is 1. The highest BCUT2D eigenvalue weighted by molar-refractivity contribution is 7.20. The molecular formula is C14H16N2O2S. The number of para-hydroxylation sites is 1. The molecule has 3 rings (SSSR count). The smallest absolute Gasteiger partial charge is 0.282 e. The number of thiazole rings is 1. The van der Waals surface area contributed by atoms with Gasteiger partial charge in [0.2, 0.25) is 0 Å². The Morgan fingerprint density at radius 3 is 3.00 bits per heavy atom.